The lowest BCUT2D eigenvalue weighted by molar-refractivity contribution is 0.0695. The van der Waals surface area contributed by atoms with Crippen molar-refractivity contribution in [3.63, 3.8) is 0 Å². The fourth-order valence-corrected chi connectivity index (χ4v) is 3.79. The molecule has 4 aromatic heterocycles. The third kappa shape index (κ3) is 2.20. The Morgan fingerprint density at radius 2 is 1.96 bits per heavy atom. The van der Waals surface area contributed by atoms with Crippen LogP contribution >= 0.6 is 0 Å². The maximum absolute atomic E-state index is 12.8. The van der Waals surface area contributed by atoms with E-state index in [4.69, 9.17) is 9.72 Å². The summed E-state index contributed by atoms with van der Waals surface area (Å²) in [5.74, 6) is 0. The SMILES string of the molecule is Cn1c(=O)n(C2CCOCC2)c2nc(-c3cnn4ccccc34)ccc21. The highest BCUT2D eigenvalue weighted by molar-refractivity contribution is 5.82. The van der Waals surface area contributed by atoms with Crippen LogP contribution in [0.3, 0.4) is 0 Å². The van der Waals surface area contributed by atoms with E-state index in [1.165, 1.54) is 0 Å². The second kappa shape index (κ2) is 5.81. The summed E-state index contributed by atoms with van der Waals surface area (Å²) in [5, 5.41) is 4.40. The van der Waals surface area contributed by atoms with E-state index in [9.17, 15) is 4.79 Å². The van der Waals surface area contributed by atoms with E-state index in [0.29, 0.717) is 13.2 Å². The van der Waals surface area contributed by atoms with Crippen molar-refractivity contribution < 1.29 is 4.74 Å². The average molecular weight is 349 g/mol. The van der Waals surface area contributed by atoms with E-state index in [2.05, 4.69) is 5.10 Å². The summed E-state index contributed by atoms with van der Waals surface area (Å²) in [4.78, 5) is 17.7. The summed E-state index contributed by atoms with van der Waals surface area (Å²) in [6.45, 7) is 1.36. The number of ether oxygens (including phenoxy) is 1. The lowest BCUT2D eigenvalue weighted by atomic mass is 10.1. The molecule has 1 saturated heterocycles. The molecule has 26 heavy (non-hydrogen) atoms. The zero-order chi connectivity index (χ0) is 17.7. The molecule has 1 fully saturated rings. The monoisotopic (exact) mass is 349 g/mol. The molecule has 4 aromatic rings. The van der Waals surface area contributed by atoms with E-state index in [0.717, 1.165) is 40.8 Å². The van der Waals surface area contributed by atoms with Crippen molar-refractivity contribution in [3.8, 4) is 11.3 Å². The Labute approximate surface area is 149 Å². The van der Waals surface area contributed by atoms with Gasteiger partial charge in [0.1, 0.15) is 0 Å². The fraction of sp³-hybridized carbons (Fsp3) is 0.316. The van der Waals surface area contributed by atoms with Gasteiger partial charge in [-0.2, -0.15) is 5.10 Å². The summed E-state index contributed by atoms with van der Waals surface area (Å²) in [7, 11) is 1.80. The van der Waals surface area contributed by atoms with Crippen LogP contribution in [-0.4, -0.2) is 36.9 Å². The van der Waals surface area contributed by atoms with Crippen LogP contribution in [0, 0.1) is 0 Å². The molecule has 5 heterocycles. The van der Waals surface area contributed by atoms with Crippen molar-refractivity contribution in [2.45, 2.75) is 18.9 Å². The standard InChI is InChI=1S/C19H19N5O2/c1-22-17-6-5-15(14-12-20-23-9-3-2-4-16(14)23)21-18(17)24(19(22)25)13-7-10-26-11-8-13/h2-6,9,12-13H,7-8,10-11H2,1H3. The van der Waals surface area contributed by atoms with Crippen LogP contribution in [0.4, 0.5) is 0 Å². The molecule has 1 aliphatic rings. The van der Waals surface area contributed by atoms with Gasteiger partial charge < -0.3 is 4.74 Å². The predicted octanol–water partition coefficient (Wildman–Crippen LogP) is 2.40. The molecule has 1 aliphatic heterocycles. The second-order valence-electron chi connectivity index (χ2n) is 6.68. The number of aromatic nitrogens is 5. The smallest absolute Gasteiger partial charge is 0.330 e. The molecular formula is C19H19N5O2. The van der Waals surface area contributed by atoms with Crippen molar-refractivity contribution in [3.05, 3.63) is 53.2 Å². The molecule has 0 atom stereocenters. The number of rotatable bonds is 2. The van der Waals surface area contributed by atoms with Gasteiger partial charge in [0, 0.05) is 38.1 Å². The third-order valence-corrected chi connectivity index (χ3v) is 5.20. The Morgan fingerprint density at radius 3 is 2.81 bits per heavy atom. The molecule has 7 heteroatoms. The van der Waals surface area contributed by atoms with E-state index in [1.54, 1.807) is 11.6 Å². The second-order valence-corrected chi connectivity index (χ2v) is 6.68. The largest absolute Gasteiger partial charge is 0.381 e. The molecule has 0 aromatic carbocycles. The first kappa shape index (κ1) is 15.3. The van der Waals surface area contributed by atoms with Gasteiger partial charge in [0.15, 0.2) is 5.65 Å². The van der Waals surface area contributed by atoms with Gasteiger partial charge in [-0.05, 0) is 37.1 Å². The zero-order valence-corrected chi connectivity index (χ0v) is 14.5. The molecule has 0 unspecified atom stereocenters. The first-order valence-corrected chi connectivity index (χ1v) is 8.82. The number of aryl methyl sites for hydroxylation is 1. The van der Waals surface area contributed by atoms with E-state index >= 15 is 0 Å². The molecule has 0 aliphatic carbocycles. The van der Waals surface area contributed by atoms with Gasteiger partial charge in [-0.25, -0.2) is 14.3 Å². The molecule has 0 saturated carbocycles. The molecule has 0 N–H and O–H groups in total. The van der Waals surface area contributed by atoms with Gasteiger partial charge in [-0.3, -0.25) is 9.13 Å². The molecule has 0 amide bonds. The lowest BCUT2D eigenvalue weighted by Crippen LogP contribution is -2.30. The van der Waals surface area contributed by atoms with E-state index in [1.807, 2.05) is 51.8 Å². The van der Waals surface area contributed by atoms with Crippen LogP contribution in [0.2, 0.25) is 0 Å². The topological polar surface area (TPSA) is 66.3 Å². The minimum Gasteiger partial charge on any atom is -0.381 e. The van der Waals surface area contributed by atoms with Crippen molar-refractivity contribution in [1.82, 2.24) is 23.7 Å². The summed E-state index contributed by atoms with van der Waals surface area (Å²) < 4.78 is 10.8. The highest BCUT2D eigenvalue weighted by Gasteiger charge is 2.23. The van der Waals surface area contributed by atoms with Gasteiger partial charge in [0.05, 0.1) is 22.9 Å². The molecule has 7 nitrogen and oxygen atoms in total. The summed E-state index contributed by atoms with van der Waals surface area (Å²) in [5.41, 5.74) is 4.35. The molecular weight excluding hydrogens is 330 g/mol. The maximum Gasteiger partial charge on any atom is 0.330 e. The highest BCUT2D eigenvalue weighted by Crippen LogP contribution is 2.27. The highest BCUT2D eigenvalue weighted by atomic mass is 16.5. The van der Waals surface area contributed by atoms with Crippen LogP contribution in [0.1, 0.15) is 18.9 Å². The number of imidazole rings is 1. The van der Waals surface area contributed by atoms with Crippen molar-refractivity contribution in [1.29, 1.82) is 0 Å². The number of hydrogen-bond acceptors (Lipinski definition) is 4. The predicted molar refractivity (Wildman–Crippen MR) is 98.3 cm³/mol. The maximum atomic E-state index is 12.8. The van der Waals surface area contributed by atoms with Gasteiger partial charge in [-0.1, -0.05) is 6.07 Å². The Morgan fingerprint density at radius 1 is 1.12 bits per heavy atom. The Hall–Kier alpha value is -2.93. The third-order valence-electron chi connectivity index (χ3n) is 5.20. The van der Waals surface area contributed by atoms with Gasteiger partial charge in [0.2, 0.25) is 0 Å². The Bertz CT molecular complexity index is 1160. The van der Waals surface area contributed by atoms with Crippen LogP contribution in [0.15, 0.2) is 47.5 Å². The van der Waals surface area contributed by atoms with Crippen molar-refractivity contribution in [2.75, 3.05) is 13.2 Å². The van der Waals surface area contributed by atoms with Crippen molar-refractivity contribution >= 4 is 16.7 Å². The minimum atomic E-state index is -0.0172. The van der Waals surface area contributed by atoms with E-state index < -0.39 is 0 Å². The molecule has 0 spiro atoms. The summed E-state index contributed by atoms with van der Waals surface area (Å²) in [6.07, 6.45) is 5.41. The van der Waals surface area contributed by atoms with Gasteiger partial charge in [0.25, 0.3) is 0 Å². The van der Waals surface area contributed by atoms with Crippen LogP contribution < -0.4 is 5.69 Å². The summed E-state index contributed by atoms with van der Waals surface area (Å²) in [6, 6.07) is 10.0. The Kier molecular flexibility index (Phi) is 3.43. The number of pyridine rings is 2. The molecule has 0 bridgehead atoms. The fourth-order valence-electron chi connectivity index (χ4n) is 3.79. The normalized spacial score (nSPS) is 15.9. The van der Waals surface area contributed by atoms with Gasteiger partial charge >= 0.3 is 5.69 Å². The van der Waals surface area contributed by atoms with E-state index in [-0.39, 0.29) is 11.7 Å². The van der Waals surface area contributed by atoms with Crippen molar-refractivity contribution in [2.24, 2.45) is 7.05 Å². The van der Waals surface area contributed by atoms with Gasteiger partial charge in [-0.15, -0.1) is 0 Å². The number of nitrogens with zero attached hydrogens (tertiary/aromatic N) is 5. The number of fused-ring (bicyclic) bond motifs is 2. The minimum absolute atomic E-state index is 0.0172. The van der Waals surface area contributed by atoms with Crippen LogP contribution in [0.25, 0.3) is 27.9 Å². The van der Waals surface area contributed by atoms with Crippen LogP contribution in [0.5, 0.6) is 0 Å². The molecule has 132 valence electrons. The first-order chi connectivity index (χ1) is 12.7. The Balaban J connectivity index is 1.73. The first-order valence-electron chi connectivity index (χ1n) is 8.82. The summed E-state index contributed by atoms with van der Waals surface area (Å²) >= 11 is 0. The zero-order valence-electron chi connectivity index (χ0n) is 14.5. The van der Waals surface area contributed by atoms with Crippen LogP contribution in [-0.2, 0) is 11.8 Å². The number of hydrogen-bond donors (Lipinski definition) is 0. The average Bonchev–Trinajstić information content (AvgIpc) is 3.22. The lowest BCUT2D eigenvalue weighted by Gasteiger charge is -2.22. The molecule has 5 rings (SSSR count). The molecule has 0 radical (unpaired) electrons. The quantitative estimate of drug-likeness (QED) is 0.557.